The van der Waals surface area contributed by atoms with Crippen molar-refractivity contribution in [1.82, 2.24) is 4.90 Å². The molecule has 1 aliphatic rings. The minimum atomic E-state index is 0.396. The first kappa shape index (κ1) is 16.5. The van der Waals surface area contributed by atoms with Gasteiger partial charge in [-0.3, -0.25) is 4.90 Å². The van der Waals surface area contributed by atoms with Crippen LogP contribution in [0.5, 0.6) is 0 Å². The van der Waals surface area contributed by atoms with Gasteiger partial charge in [0.25, 0.3) is 0 Å². The molecule has 0 bridgehead atoms. The molecule has 0 aromatic carbocycles. The molecule has 1 aromatic rings. The lowest BCUT2D eigenvalue weighted by Crippen LogP contribution is -2.41. The van der Waals surface area contributed by atoms with Crippen molar-refractivity contribution in [1.29, 1.82) is 0 Å². The summed E-state index contributed by atoms with van der Waals surface area (Å²) in [6.07, 6.45) is 6.73. The molecule has 0 saturated heterocycles. The lowest BCUT2D eigenvalue weighted by molar-refractivity contribution is 0.133. The third-order valence-electron chi connectivity index (χ3n) is 4.30. The van der Waals surface area contributed by atoms with E-state index in [1.54, 1.807) is 0 Å². The van der Waals surface area contributed by atoms with Gasteiger partial charge in [-0.05, 0) is 53.7 Å². The second kappa shape index (κ2) is 7.92. The summed E-state index contributed by atoms with van der Waals surface area (Å²) in [6, 6.07) is 3.39. The van der Waals surface area contributed by atoms with Crippen LogP contribution in [0.4, 0.5) is 0 Å². The quantitative estimate of drug-likeness (QED) is 0.758. The van der Waals surface area contributed by atoms with E-state index < -0.39 is 0 Å². The van der Waals surface area contributed by atoms with Crippen molar-refractivity contribution in [3.63, 3.8) is 0 Å². The van der Waals surface area contributed by atoms with Crippen molar-refractivity contribution in [2.75, 3.05) is 13.1 Å². The lowest BCUT2D eigenvalue weighted by Gasteiger charge is -2.36. The Balaban J connectivity index is 2.13. The first-order chi connectivity index (χ1) is 9.61. The van der Waals surface area contributed by atoms with Gasteiger partial charge in [-0.2, -0.15) is 0 Å². The molecular weight excluding hydrogens is 332 g/mol. The van der Waals surface area contributed by atoms with Crippen LogP contribution in [0.3, 0.4) is 0 Å². The van der Waals surface area contributed by atoms with Crippen LogP contribution in [-0.2, 0) is 0 Å². The van der Waals surface area contributed by atoms with Crippen molar-refractivity contribution in [2.24, 2.45) is 11.7 Å². The molecule has 0 aliphatic heterocycles. The van der Waals surface area contributed by atoms with Gasteiger partial charge in [0.05, 0.1) is 6.04 Å². The second-order valence-electron chi connectivity index (χ2n) is 6.28. The Labute approximate surface area is 135 Å². The predicted octanol–water partition coefficient (Wildman–Crippen LogP) is 4.80. The molecule has 1 aromatic heterocycles. The van der Waals surface area contributed by atoms with Crippen LogP contribution in [0.2, 0.25) is 0 Å². The zero-order valence-corrected chi connectivity index (χ0v) is 15.0. The number of thiophene rings is 1. The summed E-state index contributed by atoms with van der Waals surface area (Å²) in [7, 11) is 0. The highest BCUT2D eigenvalue weighted by atomic mass is 79.9. The summed E-state index contributed by atoms with van der Waals surface area (Å²) < 4.78 is 1.19. The predicted molar refractivity (Wildman–Crippen MR) is 92.2 cm³/mol. The molecule has 0 radical (unpaired) electrons. The van der Waals surface area contributed by atoms with Crippen LogP contribution in [0.25, 0.3) is 0 Å². The summed E-state index contributed by atoms with van der Waals surface area (Å²) in [5, 5.41) is 2.17. The average molecular weight is 359 g/mol. The summed E-state index contributed by atoms with van der Waals surface area (Å²) in [4.78, 5) is 4.11. The highest BCUT2D eigenvalue weighted by Gasteiger charge is 2.29. The zero-order valence-electron chi connectivity index (χ0n) is 12.6. The molecule has 2 N–H and O–H groups in total. The smallest absolute Gasteiger partial charge is 0.0567 e. The Hall–Kier alpha value is 0.1000. The van der Waals surface area contributed by atoms with E-state index in [-0.39, 0.29) is 0 Å². The fourth-order valence-corrected chi connectivity index (χ4v) is 4.73. The SMILES string of the molecule is CC(C)CCN(C1CCCC1)C(CN)c1cc(Br)cs1. The molecule has 1 heterocycles. The van der Waals surface area contributed by atoms with Crippen LogP contribution >= 0.6 is 27.3 Å². The number of hydrogen-bond donors (Lipinski definition) is 1. The van der Waals surface area contributed by atoms with Gasteiger partial charge in [0, 0.05) is 27.3 Å². The van der Waals surface area contributed by atoms with Crippen LogP contribution in [-0.4, -0.2) is 24.0 Å². The normalized spacial score (nSPS) is 18.3. The number of hydrogen-bond acceptors (Lipinski definition) is 3. The van der Waals surface area contributed by atoms with Gasteiger partial charge >= 0.3 is 0 Å². The third kappa shape index (κ3) is 4.30. The average Bonchev–Trinajstić information content (AvgIpc) is 3.05. The second-order valence-corrected chi connectivity index (χ2v) is 8.14. The molecule has 4 heteroatoms. The molecule has 20 heavy (non-hydrogen) atoms. The highest BCUT2D eigenvalue weighted by Crippen LogP contribution is 2.34. The monoisotopic (exact) mass is 358 g/mol. The number of nitrogens with zero attached hydrogens (tertiary/aromatic N) is 1. The topological polar surface area (TPSA) is 29.3 Å². The maximum absolute atomic E-state index is 6.14. The lowest BCUT2D eigenvalue weighted by atomic mass is 10.1. The van der Waals surface area contributed by atoms with E-state index in [1.807, 2.05) is 11.3 Å². The third-order valence-corrected chi connectivity index (χ3v) is 6.09. The molecule has 0 spiro atoms. The van der Waals surface area contributed by atoms with Gasteiger partial charge in [0.2, 0.25) is 0 Å². The Morgan fingerprint density at radius 2 is 2.10 bits per heavy atom. The van der Waals surface area contributed by atoms with Gasteiger partial charge < -0.3 is 5.73 Å². The Morgan fingerprint density at radius 1 is 1.40 bits per heavy atom. The minimum Gasteiger partial charge on any atom is -0.329 e. The van der Waals surface area contributed by atoms with Crippen molar-refractivity contribution in [2.45, 2.75) is 58.0 Å². The minimum absolute atomic E-state index is 0.396. The highest BCUT2D eigenvalue weighted by molar-refractivity contribution is 9.10. The molecule has 1 atom stereocenters. The zero-order chi connectivity index (χ0) is 14.5. The van der Waals surface area contributed by atoms with E-state index in [0.29, 0.717) is 6.04 Å². The van der Waals surface area contributed by atoms with E-state index in [1.165, 1.54) is 48.0 Å². The maximum Gasteiger partial charge on any atom is 0.0567 e. The van der Waals surface area contributed by atoms with Crippen LogP contribution in [0.15, 0.2) is 15.9 Å². The van der Waals surface area contributed by atoms with Crippen LogP contribution in [0.1, 0.15) is 56.9 Å². The summed E-state index contributed by atoms with van der Waals surface area (Å²) in [6.45, 7) is 6.53. The van der Waals surface area contributed by atoms with E-state index >= 15 is 0 Å². The van der Waals surface area contributed by atoms with Crippen molar-refractivity contribution >= 4 is 27.3 Å². The number of halogens is 1. The molecule has 1 saturated carbocycles. The van der Waals surface area contributed by atoms with Crippen LogP contribution in [0, 0.1) is 5.92 Å². The van der Waals surface area contributed by atoms with Crippen LogP contribution < -0.4 is 5.73 Å². The fraction of sp³-hybridized carbons (Fsp3) is 0.750. The largest absolute Gasteiger partial charge is 0.329 e. The van der Waals surface area contributed by atoms with Crippen molar-refractivity contribution in [3.8, 4) is 0 Å². The van der Waals surface area contributed by atoms with Gasteiger partial charge in [0.1, 0.15) is 0 Å². The first-order valence-corrected chi connectivity index (χ1v) is 9.48. The van der Waals surface area contributed by atoms with Gasteiger partial charge in [-0.25, -0.2) is 0 Å². The van der Waals surface area contributed by atoms with E-state index in [4.69, 9.17) is 5.73 Å². The molecule has 1 aliphatic carbocycles. The Morgan fingerprint density at radius 3 is 2.60 bits per heavy atom. The van der Waals surface area contributed by atoms with Gasteiger partial charge in [0.15, 0.2) is 0 Å². The number of rotatable bonds is 7. The van der Waals surface area contributed by atoms with E-state index in [9.17, 15) is 0 Å². The standard InChI is InChI=1S/C16H27BrN2S/c1-12(2)7-8-19(14-5-3-4-6-14)15(10-18)16-9-13(17)11-20-16/h9,11-12,14-15H,3-8,10,18H2,1-2H3. The van der Waals surface area contributed by atoms with Crippen molar-refractivity contribution in [3.05, 3.63) is 20.8 Å². The van der Waals surface area contributed by atoms with E-state index in [2.05, 4.69) is 46.1 Å². The maximum atomic E-state index is 6.14. The van der Waals surface area contributed by atoms with Gasteiger partial charge in [-0.15, -0.1) is 11.3 Å². The van der Waals surface area contributed by atoms with Crippen molar-refractivity contribution < 1.29 is 0 Å². The fourth-order valence-electron chi connectivity index (χ4n) is 3.15. The Kier molecular flexibility index (Phi) is 6.53. The molecular formula is C16H27BrN2S. The number of nitrogens with two attached hydrogens (primary N) is 1. The molecule has 1 fully saturated rings. The summed E-state index contributed by atoms with van der Waals surface area (Å²) in [5.74, 6) is 0.757. The summed E-state index contributed by atoms with van der Waals surface area (Å²) in [5.41, 5.74) is 6.14. The van der Waals surface area contributed by atoms with E-state index in [0.717, 1.165) is 18.5 Å². The molecule has 114 valence electrons. The van der Waals surface area contributed by atoms with Gasteiger partial charge in [-0.1, -0.05) is 26.7 Å². The summed E-state index contributed by atoms with van der Waals surface area (Å²) >= 11 is 5.41. The molecule has 2 nitrogen and oxygen atoms in total. The Bertz CT molecular complexity index is 399. The first-order valence-electron chi connectivity index (χ1n) is 7.81. The molecule has 1 unspecified atom stereocenters. The molecule has 0 amide bonds. The molecule has 2 rings (SSSR count).